The van der Waals surface area contributed by atoms with Crippen LogP contribution in [0.25, 0.3) is 0 Å². The summed E-state index contributed by atoms with van der Waals surface area (Å²) in [5.41, 5.74) is 3.12. The average molecular weight is 339 g/mol. The van der Waals surface area contributed by atoms with E-state index in [9.17, 15) is 4.79 Å². The normalized spacial score (nSPS) is 13.8. The lowest BCUT2D eigenvalue weighted by atomic mass is 10.2. The molecule has 2 N–H and O–H groups in total. The second-order valence-electron chi connectivity index (χ2n) is 6.34. The van der Waals surface area contributed by atoms with E-state index in [1.807, 2.05) is 19.1 Å². The van der Waals surface area contributed by atoms with E-state index >= 15 is 0 Å². The number of hydrogen-bond donors (Lipinski definition) is 2. The summed E-state index contributed by atoms with van der Waals surface area (Å²) in [5.74, 6) is 0.273. The molecule has 0 radical (unpaired) electrons. The first kappa shape index (κ1) is 17.2. The lowest BCUT2D eigenvalue weighted by molar-refractivity contribution is 0.102. The van der Waals surface area contributed by atoms with Crippen molar-refractivity contribution < 1.29 is 4.79 Å². The molecule has 0 saturated carbocycles. The van der Waals surface area contributed by atoms with Gasteiger partial charge in [-0.05, 0) is 56.5 Å². The summed E-state index contributed by atoms with van der Waals surface area (Å²) in [6, 6.07) is 9.69. The van der Waals surface area contributed by atoms with Gasteiger partial charge >= 0.3 is 0 Å². The van der Waals surface area contributed by atoms with Gasteiger partial charge in [0.2, 0.25) is 5.95 Å². The van der Waals surface area contributed by atoms with Crippen molar-refractivity contribution in [2.75, 3.05) is 35.2 Å². The summed E-state index contributed by atoms with van der Waals surface area (Å²) in [6.07, 6.45) is 3.47. The van der Waals surface area contributed by atoms with E-state index in [0.29, 0.717) is 11.6 Å². The highest BCUT2D eigenvalue weighted by Crippen LogP contribution is 2.22. The van der Waals surface area contributed by atoms with Gasteiger partial charge in [-0.15, -0.1) is 0 Å². The molecule has 0 aliphatic carbocycles. The third kappa shape index (κ3) is 4.47. The molecule has 2 aromatic rings. The minimum absolute atomic E-state index is 0.223. The van der Waals surface area contributed by atoms with Gasteiger partial charge in [-0.25, -0.2) is 9.97 Å². The van der Waals surface area contributed by atoms with Crippen LogP contribution in [0.3, 0.4) is 0 Å². The summed E-state index contributed by atoms with van der Waals surface area (Å²) in [6.45, 7) is 6.93. The molecule has 6 nitrogen and oxygen atoms in total. The molecule has 0 atom stereocenters. The van der Waals surface area contributed by atoms with Crippen LogP contribution in [0.4, 0.5) is 17.3 Å². The van der Waals surface area contributed by atoms with Crippen molar-refractivity contribution >= 4 is 23.2 Å². The fourth-order valence-electron chi connectivity index (χ4n) is 2.93. The Balaban J connectivity index is 1.68. The molecule has 6 heteroatoms. The van der Waals surface area contributed by atoms with Crippen molar-refractivity contribution in [3.05, 3.63) is 41.7 Å². The predicted octanol–water partition coefficient (Wildman–Crippen LogP) is 3.46. The molecule has 1 saturated heterocycles. The maximum atomic E-state index is 12.5. The van der Waals surface area contributed by atoms with E-state index in [1.165, 1.54) is 18.5 Å². The average Bonchev–Trinajstić information content (AvgIpc) is 3.15. The Morgan fingerprint density at radius 1 is 1.16 bits per heavy atom. The van der Waals surface area contributed by atoms with Crippen molar-refractivity contribution in [1.29, 1.82) is 0 Å². The molecule has 1 aromatic carbocycles. The highest BCUT2D eigenvalue weighted by Gasteiger charge is 2.13. The zero-order chi connectivity index (χ0) is 17.6. The second kappa shape index (κ2) is 7.96. The van der Waals surface area contributed by atoms with Crippen molar-refractivity contribution in [1.82, 2.24) is 9.97 Å². The van der Waals surface area contributed by atoms with Crippen LogP contribution in [-0.4, -0.2) is 35.5 Å². The Morgan fingerprint density at radius 2 is 1.88 bits per heavy atom. The van der Waals surface area contributed by atoms with E-state index in [4.69, 9.17) is 0 Å². The van der Waals surface area contributed by atoms with Gasteiger partial charge in [0.1, 0.15) is 5.69 Å². The molecular weight excluding hydrogens is 314 g/mol. The van der Waals surface area contributed by atoms with Crippen LogP contribution in [0.5, 0.6) is 0 Å². The number of aromatic nitrogens is 2. The maximum absolute atomic E-state index is 12.5. The van der Waals surface area contributed by atoms with Crippen LogP contribution >= 0.6 is 0 Å². The molecular formula is C19H25N5O. The Hall–Kier alpha value is -2.63. The highest BCUT2D eigenvalue weighted by molar-refractivity contribution is 6.03. The molecule has 3 rings (SSSR count). The minimum atomic E-state index is -0.223. The molecule has 1 fully saturated rings. The van der Waals surface area contributed by atoms with Crippen LogP contribution in [0, 0.1) is 6.92 Å². The Bertz CT molecular complexity index is 723. The highest BCUT2D eigenvalue weighted by atomic mass is 16.1. The Morgan fingerprint density at radius 3 is 2.56 bits per heavy atom. The van der Waals surface area contributed by atoms with E-state index < -0.39 is 0 Å². The topological polar surface area (TPSA) is 70.2 Å². The zero-order valence-electron chi connectivity index (χ0n) is 14.9. The van der Waals surface area contributed by atoms with Gasteiger partial charge in [0.25, 0.3) is 5.91 Å². The van der Waals surface area contributed by atoms with Gasteiger partial charge in [0.05, 0.1) is 0 Å². The number of nitrogens with one attached hydrogen (secondary N) is 2. The molecule has 25 heavy (non-hydrogen) atoms. The van der Waals surface area contributed by atoms with Crippen molar-refractivity contribution in [3.63, 3.8) is 0 Å². The number of hydrogen-bond acceptors (Lipinski definition) is 5. The molecule has 1 aliphatic rings. The number of aryl methyl sites for hydroxylation is 1. The molecule has 0 spiro atoms. The van der Waals surface area contributed by atoms with E-state index in [-0.39, 0.29) is 5.91 Å². The molecule has 2 heterocycles. The largest absolute Gasteiger partial charge is 0.372 e. The van der Waals surface area contributed by atoms with Crippen molar-refractivity contribution in [2.45, 2.75) is 33.1 Å². The van der Waals surface area contributed by atoms with Gasteiger partial charge in [-0.1, -0.05) is 6.92 Å². The standard InChI is InChI=1S/C19H25N5O/c1-3-10-20-19-21-14(2)13-17(23-19)18(25)22-15-6-8-16(9-7-15)24-11-4-5-12-24/h6-9,13H,3-5,10-12H2,1-2H3,(H,22,25)(H,20,21,23). The van der Waals surface area contributed by atoms with Crippen LogP contribution in [0.15, 0.2) is 30.3 Å². The molecule has 0 bridgehead atoms. The lowest BCUT2D eigenvalue weighted by Crippen LogP contribution is -2.18. The number of anilines is 3. The maximum Gasteiger partial charge on any atom is 0.274 e. The number of carbonyl (C=O) groups excluding carboxylic acids is 1. The van der Waals surface area contributed by atoms with Crippen molar-refractivity contribution in [3.8, 4) is 0 Å². The fourth-order valence-corrected chi connectivity index (χ4v) is 2.93. The monoisotopic (exact) mass is 339 g/mol. The Labute approximate surface area is 148 Å². The summed E-state index contributed by atoms with van der Waals surface area (Å²) in [5, 5.41) is 6.04. The van der Waals surface area contributed by atoms with Gasteiger partial charge in [-0.3, -0.25) is 4.79 Å². The van der Waals surface area contributed by atoms with Crippen LogP contribution in [-0.2, 0) is 0 Å². The van der Waals surface area contributed by atoms with Gasteiger partial charge < -0.3 is 15.5 Å². The first-order valence-corrected chi connectivity index (χ1v) is 8.91. The quantitative estimate of drug-likeness (QED) is 0.843. The predicted molar refractivity (Wildman–Crippen MR) is 101 cm³/mol. The van der Waals surface area contributed by atoms with Crippen molar-refractivity contribution in [2.24, 2.45) is 0 Å². The van der Waals surface area contributed by atoms with Gasteiger partial charge in [0.15, 0.2) is 0 Å². The number of benzene rings is 1. The van der Waals surface area contributed by atoms with Crippen LogP contribution in [0.1, 0.15) is 42.4 Å². The SMILES string of the molecule is CCCNc1nc(C)cc(C(=O)Nc2ccc(N3CCCC3)cc2)n1. The summed E-state index contributed by atoms with van der Waals surface area (Å²) >= 11 is 0. The molecule has 0 unspecified atom stereocenters. The minimum Gasteiger partial charge on any atom is -0.372 e. The molecule has 1 aliphatic heterocycles. The molecule has 1 aromatic heterocycles. The number of carbonyl (C=O) groups is 1. The summed E-state index contributed by atoms with van der Waals surface area (Å²) in [4.78, 5) is 23.5. The Kier molecular flexibility index (Phi) is 5.48. The van der Waals surface area contributed by atoms with E-state index in [1.54, 1.807) is 6.07 Å². The van der Waals surface area contributed by atoms with Gasteiger partial charge in [-0.2, -0.15) is 0 Å². The number of rotatable bonds is 6. The lowest BCUT2D eigenvalue weighted by Gasteiger charge is -2.17. The number of amides is 1. The van der Waals surface area contributed by atoms with Gasteiger partial charge in [0, 0.05) is 36.7 Å². The van der Waals surface area contributed by atoms with E-state index in [0.717, 1.165) is 37.4 Å². The second-order valence-corrected chi connectivity index (χ2v) is 6.34. The smallest absolute Gasteiger partial charge is 0.274 e. The van der Waals surface area contributed by atoms with Crippen LogP contribution < -0.4 is 15.5 Å². The fraction of sp³-hybridized carbons (Fsp3) is 0.421. The molecule has 1 amide bonds. The summed E-state index contributed by atoms with van der Waals surface area (Å²) < 4.78 is 0. The third-order valence-electron chi connectivity index (χ3n) is 4.22. The van der Waals surface area contributed by atoms with E-state index in [2.05, 4.69) is 44.6 Å². The third-order valence-corrected chi connectivity index (χ3v) is 4.22. The van der Waals surface area contributed by atoms with Crippen LogP contribution in [0.2, 0.25) is 0 Å². The summed E-state index contributed by atoms with van der Waals surface area (Å²) in [7, 11) is 0. The zero-order valence-corrected chi connectivity index (χ0v) is 14.9. The first-order chi connectivity index (χ1) is 12.2. The molecule has 132 valence electrons. The number of nitrogens with zero attached hydrogens (tertiary/aromatic N) is 3. The first-order valence-electron chi connectivity index (χ1n) is 8.91.